The molecule has 6 aromatic rings. The molecule has 0 N–H and O–H groups in total. The highest BCUT2D eigenvalue weighted by Gasteiger charge is 2.18. The van der Waals surface area contributed by atoms with E-state index in [0.29, 0.717) is 16.8 Å². The van der Waals surface area contributed by atoms with Crippen molar-refractivity contribution in [2.45, 2.75) is 13.8 Å². The smallest absolute Gasteiger partial charge is 0.137 e. The van der Waals surface area contributed by atoms with Gasteiger partial charge >= 0.3 is 0 Å². The second kappa shape index (κ2) is 10.3. The van der Waals surface area contributed by atoms with Crippen LogP contribution >= 0.6 is 34.8 Å². The molecular formula is C28H17Cl3F4N4. The predicted octanol–water partition coefficient (Wildman–Crippen LogP) is 9.16. The fourth-order valence-electron chi connectivity index (χ4n) is 4.34. The molecule has 39 heavy (non-hydrogen) atoms. The maximum atomic E-state index is 14.1. The van der Waals surface area contributed by atoms with Gasteiger partial charge in [0.25, 0.3) is 0 Å². The van der Waals surface area contributed by atoms with Crippen molar-refractivity contribution in [3.63, 3.8) is 0 Å². The summed E-state index contributed by atoms with van der Waals surface area (Å²) < 4.78 is 55.8. The van der Waals surface area contributed by atoms with Crippen molar-refractivity contribution < 1.29 is 17.6 Å². The molecule has 3 heterocycles. The van der Waals surface area contributed by atoms with E-state index in [2.05, 4.69) is 15.1 Å². The number of pyridine rings is 2. The predicted molar refractivity (Wildman–Crippen MR) is 148 cm³/mol. The quantitative estimate of drug-likeness (QED) is 0.141. The third kappa shape index (κ3) is 4.77. The lowest BCUT2D eigenvalue weighted by Gasteiger charge is -2.12. The maximum absolute atomic E-state index is 14.1. The zero-order valence-electron chi connectivity index (χ0n) is 20.6. The van der Waals surface area contributed by atoms with Gasteiger partial charge in [-0.1, -0.05) is 46.9 Å². The van der Waals surface area contributed by atoms with Crippen LogP contribution in [0.25, 0.3) is 44.0 Å². The van der Waals surface area contributed by atoms with E-state index in [-0.39, 0.29) is 37.0 Å². The van der Waals surface area contributed by atoms with Crippen molar-refractivity contribution in [1.29, 1.82) is 0 Å². The van der Waals surface area contributed by atoms with Crippen LogP contribution in [-0.4, -0.2) is 19.7 Å². The summed E-state index contributed by atoms with van der Waals surface area (Å²) in [5, 5.41) is 5.96. The molecule has 0 fully saturated rings. The van der Waals surface area contributed by atoms with Crippen molar-refractivity contribution >= 4 is 67.5 Å². The standard InChI is InChI=1S/C18H12ClF2N3.C10H5Cl2F2N/c1-9-17(19)16-13(21)6-10(20)7-14(16)23-18(9)11-4-3-5-15-12(11)8-22-24(15)2;1-4-9(11)8-6(14)2-5(13)3-7(8)15-10(4)12/h3-8H,1-2H3;2-3H,1H3. The van der Waals surface area contributed by atoms with Crippen molar-refractivity contribution in [3.8, 4) is 11.3 Å². The molecular weight excluding hydrogens is 575 g/mol. The minimum Gasteiger partial charge on any atom is -0.268 e. The molecule has 4 nitrogen and oxygen atoms in total. The van der Waals surface area contributed by atoms with Gasteiger partial charge in [-0.05, 0) is 25.5 Å². The fourth-order valence-corrected chi connectivity index (χ4v) is 5.13. The zero-order chi connectivity index (χ0) is 28.2. The van der Waals surface area contributed by atoms with Crippen LogP contribution in [0.5, 0.6) is 0 Å². The molecule has 0 aliphatic carbocycles. The van der Waals surface area contributed by atoms with Gasteiger partial charge in [-0.15, -0.1) is 0 Å². The minimum atomic E-state index is -0.734. The van der Waals surface area contributed by atoms with Crippen molar-refractivity contribution in [1.82, 2.24) is 19.7 Å². The Morgan fingerprint density at radius 3 is 1.92 bits per heavy atom. The Morgan fingerprint density at radius 1 is 0.744 bits per heavy atom. The number of hydrogen-bond donors (Lipinski definition) is 0. The van der Waals surface area contributed by atoms with Gasteiger partial charge in [0, 0.05) is 47.8 Å². The van der Waals surface area contributed by atoms with E-state index in [1.54, 1.807) is 24.7 Å². The largest absolute Gasteiger partial charge is 0.268 e. The van der Waals surface area contributed by atoms with Gasteiger partial charge in [-0.25, -0.2) is 27.5 Å². The summed E-state index contributed by atoms with van der Waals surface area (Å²) in [5.74, 6) is -2.83. The Hall–Kier alpha value is -3.46. The van der Waals surface area contributed by atoms with E-state index in [0.717, 1.165) is 34.7 Å². The van der Waals surface area contributed by atoms with Gasteiger partial charge < -0.3 is 0 Å². The number of aryl methyl sites for hydroxylation is 1. The second-order valence-electron chi connectivity index (χ2n) is 8.81. The highest BCUT2D eigenvalue weighted by atomic mass is 35.5. The van der Waals surface area contributed by atoms with Crippen LogP contribution in [0.3, 0.4) is 0 Å². The molecule has 0 spiro atoms. The second-order valence-corrected chi connectivity index (χ2v) is 9.92. The number of rotatable bonds is 1. The molecule has 0 saturated heterocycles. The molecule has 0 saturated carbocycles. The Kier molecular flexibility index (Phi) is 7.13. The summed E-state index contributed by atoms with van der Waals surface area (Å²) in [6, 6.07) is 9.61. The Bertz CT molecular complexity index is 1940. The molecule has 0 radical (unpaired) electrons. The average Bonchev–Trinajstić information content (AvgIpc) is 3.25. The monoisotopic (exact) mass is 590 g/mol. The molecule has 0 aliphatic rings. The van der Waals surface area contributed by atoms with Crippen LogP contribution in [-0.2, 0) is 7.05 Å². The van der Waals surface area contributed by atoms with Crippen LogP contribution in [0, 0.1) is 37.1 Å². The lowest BCUT2D eigenvalue weighted by atomic mass is 10.0. The Labute approximate surface area is 234 Å². The molecule has 3 aromatic heterocycles. The molecule has 3 aromatic carbocycles. The molecule has 11 heteroatoms. The SMILES string of the molecule is Cc1c(-c2cccc3c2cnn3C)nc2cc(F)cc(F)c2c1Cl.Cc1c(Cl)nc2cc(F)cc(F)c2c1Cl. The van der Waals surface area contributed by atoms with Crippen LogP contribution in [0.1, 0.15) is 11.1 Å². The molecule has 0 aliphatic heterocycles. The number of benzene rings is 3. The highest BCUT2D eigenvalue weighted by Crippen LogP contribution is 2.37. The van der Waals surface area contributed by atoms with Gasteiger partial charge in [0.15, 0.2) is 0 Å². The van der Waals surface area contributed by atoms with Gasteiger partial charge in [-0.3, -0.25) is 4.68 Å². The Balaban J connectivity index is 0.000000177. The zero-order valence-corrected chi connectivity index (χ0v) is 22.8. The van der Waals surface area contributed by atoms with Crippen molar-refractivity contribution in [2.75, 3.05) is 0 Å². The highest BCUT2D eigenvalue weighted by molar-refractivity contribution is 6.39. The van der Waals surface area contributed by atoms with Crippen LogP contribution in [0.15, 0.2) is 48.7 Å². The molecule has 0 unspecified atom stereocenters. The first-order chi connectivity index (χ1) is 18.5. The summed E-state index contributed by atoms with van der Waals surface area (Å²) in [6.45, 7) is 3.40. The van der Waals surface area contributed by atoms with E-state index >= 15 is 0 Å². The first-order valence-corrected chi connectivity index (χ1v) is 12.6. The van der Waals surface area contributed by atoms with Gasteiger partial charge in [-0.2, -0.15) is 5.10 Å². The van der Waals surface area contributed by atoms with E-state index < -0.39 is 23.3 Å². The topological polar surface area (TPSA) is 43.6 Å². The number of fused-ring (bicyclic) bond motifs is 3. The summed E-state index contributed by atoms with van der Waals surface area (Å²) in [5.41, 5.74) is 3.80. The van der Waals surface area contributed by atoms with Crippen molar-refractivity contribution in [2.24, 2.45) is 7.05 Å². The minimum absolute atomic E-state index is 0.0972. The first kappa shape index (κ1) is 27.1. The first-order valence-electron chi connectivity index (χ1n) is 11.4. The lowest BCUT2D eigenvalue weighted by Crippen LogP contribution is -1.96. The van der Waals surface area contributed by atoms with E-state index in [1.807, 2.05) is 25.2 Å². The normalized spacial score (nSPS) is 11.3. The van der Waals surface area contributed by atoms with Gasteiger partial charge in [0.05, 0.1) is 49.3 Å². The summed E-state index contributed by atoms with van der Waals surface area (Å²) >= 11 is 18.0. The Morgan fingerprint density at radius 2 is 1.31 bits per heavy atom. The van der Waals surface area contributed by atoms with E-state index in [1.165, 1.54) is 6.07 Å². The maximum Gasteiger partial charge on any atom is 0.137 e. The number of aromatic nitrogens is 4. The average molecular weight is 592 g/mol. The molecule has 0 bridgehead atoms. The molecule has 0 atom stereocenters. The lowest BCUT2D eigenvalue weighted by molar-refractivity contribution is 0.590. The van der Waals surface area contributed by atoms with Crippen molar-refractivity contribution in [3.05, 3.63) is 98.3 Å². The van der Waals surface area contributed by atoms with Crippen LogP contribution in [0.4, 0.5) is 17.6 Å². The fraction of sp³-hybridized carbons (Fsp3) is 0.107. The third-order valence-electron chi connectivity index (χ3n) is 6.33. The molecule has 198 valence electrons. The summed E-state index contributed by atoms with van der Waals surface area (Å²) in [4.78, 5) is 8.34. The number of halogens is 7. The van der Waals surface area contributed by atoms with E-state index in [4.69, 9.17) is 34.8 Å². The third-order valence-corrected chi connectivity index (χ3v) is 7.64. The summed E-state index contributed by atoms with van der Waals surface area (Å²) in [6.07, 6.45) is 1.75. The molecule has 0 amide bonds. The molecule has 6 rings (SSSR count). The van der Waals surface area contributed by atoms with Crippen LogP contribution in [0.2, 0.25) is 15.2 Å². The van der Waals surface area contributed by atoms with Gasteiger partial charge in [0.2, 0.25) is 0 Å². The van der Waals surface area contributed by atoms with Crippen LogP contribution < -0.4 is 0 Å². The van der Waals surface area contributed by atoms with E-state index in [9.17, 15) is 17.6 Å². The number of hydrogen-bond acceptors (Lipinski definition) is 3. The number of nitrogens with zero attached hydrogens (tertiary/aromatic N) is 4. The van der Waals surface area contributed by atoms with Gasteiger partial charge in [0.1, 0.15) is 28.4 Å². The summed E-state index contributed by atoms with van der Waals surface area (Å²) in [7, 11) is 1.85.